The van der Waals surface area contributed by atoms with Crippen LogP contribution in [0.25, 0.3) is 0 Å². The van der Waals surface area contributed by atoms with Crippen molar-refractivity contribution in [3.63, 3.8) is 0 Å². The van der Waals surface area contributed by atoms with Crippen LogP contribution in [0, 0.1) is 5.92 Å². The van der Waals surface area contributed by atoms with Gasteiger partial charge in [0.1, 0.15) is 5.78 Å². The molecule has 18 heavy (non-hydrogen) atoms. The zero-order chi connectivity index (χ0) is 13.1. The van der Waals surface area contributed by atoms with E-state index in [2.05, 4.69) is 56.0 Å². The van der Waals surface area contributed by atoms with Crippen molar-refractivity contribution in [2.45, 2.75) is 39.2 Å². The second-order valence-electron chi connectivity index (χ2n) is 5.55. The van der Waals surface area contributed by atoms with Gasteiger partial charge in [-0.25, -0.2) is 0 Å². The molecule has 1 aliphatic heterocycles. The number of hydrogen-bond acceptors (Lipinski definition) is 2. The lowest BCUT2D eigenvalue weighted by Gasteiger charge is -2.38. The van der Waals surface area contributed by atoms with Gasteiger partial charge in [-0.1, -0.05) is 44.2 Å². The number of nitrogens with zero attached hydrogens (tertiary/aromatic N) is 1. The normalized spacial score (nSPS) is 27.2. The zero-order valence-electron chi connectivity index (χ0n) is 11.6. The molecular weight excluding hydrogens is 222 g/mol. The molecule has 3 atom stereocenters. The summed E-state index contributed by atoms with van der Waals surface area (Å²) in [6, 6.07) is 11.0. The summed E-state index contributed by atoms with van der Waals surface area (Å²) >= 11 is 0. The Hall–Kier alpha value is -1.15. The Morgan fingerprint density at radius 3 is 2.61 bits per heavy atom. The highest BCUT2D eigenvalue weighted by Crippen LogP contribution is 2.24. The van der Waals surface area contributed by atoms with Crippen LogP contribution in [-0.2, 0) is 4.79 Å². The number of hydrogen-bond donors (Lipinski definition) is 0. The van der Waals surface area contributed by atoms with E-state index in [-0.39, 0.29) is 5.92 Å². The van der Waals surface area contributed by atoms with Crippen molar-refractivity contribution in [2.75, 3.05) is 13.1 Å². The molecule has 0 aliphatic carbocycles. The van der Waals surface area contributed by atoms with Crippen molar-refractivity contribution in [3.8, 4) is 0 Å². The number of Topliss-reactive ketones (excluding diaryl/α,β-unsaturated/α-hetero) is 1. The quantitative estimate of drug-likeness (QED) is 0.815. The van der Waals surface area contributed by atoms with Crippen LogP contribution in [0.5, 0.6) is 0 Å². The van der Waals surface area contributed by atoms with Gasteiger partial charge < -0.3 is 0 Å². The number of carbonyl (C=O) groups excluding carboxylic acids is 1. The predicted octanol–water partition coefficient (Wildman–Crippen LogP) is 3.09. The summed E-state index contributed by atoms with van der Waals surface area (Å²) in [7, 11) is 0. The van der Waals surface area contributed by atoms with Crippen molar-refractivity contribution in [3.05, 3.63) is 35.9 Å². The Balaban J connectivity index is 1.99. The number of piperidine rings is 1. The molecule has 0 aromatic heterocycles. The van der Waals surface area contributed by atoms with E-state index in [1.54, 1.807) is 0 Å². The summed E-state index contributed by atoms with van der Waals surface area (Å²) in [5, 5.41) is 0. The van der Waals surface area contributed by atoms with E-state index in [4.69, 9.17) is 0 Å². The number of ketones is 1. The van der Waals surface area contributed by atoms with Crippen LogP contribution in [0.2, 0.25) is 0 Å². The smallest absolute Gasteiger partial charge is 0.138 e. The zero-order valence-corrected chi connectivity index (χ0v) is 11.6. The second-order valence-corrected chi connectivity index (χ2v) is 5.55. The van der Waals surface area contributed by atoms with E-state index < -0.39 is 0 Å². The SMILES string of the molecule is CC(CN1CCC(=O)C(C)C1C)c1ccccc1. The number of carbonyl (C=O) groups is 1. The summed E-state index contributed by atoms with van der Waals surface area (Å²) in [4.78, 5) is 14.1. The monoisotopic (exact) mass is 245 g/mol. The summed E-state index contributed by atoms with van der Waals surface area (Å²) in [6.45, 7) is 8.47. The Kier molecular flexibility index (Phi) is 4.18. The lowest BCUT2D eigenvalue weighted by atomic mass is 9.89. The van der Waals surface area contributed by atoms with Gasteiger partial charge in [0.25, 0.3) is 0 Å². The van der Waals surface area contributed by atoms with Gasteiger partial charge in [0.05, 0.1) is 0 Å². The number of likely N-dealkylation sites (tertiary alicyclic amines) is 1. The van der Waals surface area contributed by atoms with Gasteiger partial charge in [0.15, 0.2) is 0 Å². The van der Waals surface area contributed by atoms with E-state index in [1.165, 1.54) is 5.56 Å². The van der Waals surface area contributed by atoms with E-state index in [9.17, 15) is 4.79 Å². The molecule has 3 unspecified atom stereocenters. The molecule has 1 fully saturated rings. The van der Waals surface area contributed by atoms with Gasteiger partial charge >= 0.3 is 0 Å². The lowest BCUT2D eigenvalue weighted by molar-refractivity contribution is -0.127. The maximum absolute atomic E-state index is 11.7. The van der Waals surface area contributed by atoms with Gasteiger partial charge in [-0.15, -0.1) is 0 Å². The molecule has 1 aromatic rings. The van der Waals surface area contributed by atoms with Crippen molar-refractivity contribution < 1.29 is 4.79 Å². The van der Waals surface area contributed by atoms with Gasteiger partial charge in [0, 0.05) is 31.5 Å². The summed E-state index contributed by atoms with van der Waals surface area (Å²) < 4.78 is 0. The highest BCUT2D eigenvalue weighted by molar-refractivity contribution is 5.82. The van der Waals surface area contributed by atoms with E-state index in [1.807, 2.05) is 0 Å². The van der Waals surface area contributed by atoms with E-state index in [0.717, 1.165) is 13.1 Å². The Morgan fingerprint density at radius 1 is 1.28 bits per heavy atom. The highest BCUT2D eigenvalue weighted by atomic mass is 16.1. The average molecular weight is 245 g/mol. The van der Waals surface area contributed by atoms with Crippen LogP contribution in [0.15, 0.2) is 30.3 Å². The third kappa shape index (κ3) is 2.81. The summed E-state index contributed by atoms with van der Waals surface area (Å²) in [6.07, 6.45) is 0.715. The van der Waals surface area contributed by atoms with Gasteiger partial charge in [-0.2, -0.15) is 0 Å². The van der Waals surface area contributed by atoms with Gasteiger partial charge in [-0.3, -0.25) is 9.69 Å². The average Bonchev–Trinajstić information content (AvgIpc) is 2.40. The Bertz CT molecular complexity index is 401. The molecule has 1 aromatic carbocycles. The van der Waals surface area contributed by atoms with E-state index >= 15 is 0 Å². The summed E-state index contributed by atoms with van der Waals surface area (Å²) in [5.74, 6) is 1.13. The largest absolute Gasteiger partial charge is 0.299 e. The molecule has 0 saturated carbocycles. The molecule has 2 nitrogen and oxygen atoms in total. The first-order valence-corrected chi connectivity index (χ1v) is 6.91. The van der Waals surface area contributed by atoms with Crippen LogP contribution in [0.3, 0.4) is 0 Å². The lowest BCUT2D eigenvalue weighted by Crippen LogP contribution is -2.47. The van der Waals surface area contributed by atoms with E-state index in [0.29, 0.717) is 24.2 Å². The Labute approximate surface area is 110 Å². The molecule has 0 amide bonds. The first-order chi connectivity index (χ1) is 8.59. The molecule has 1 aliphatic rings. The molecule has 1 heterocycles. The van der Waals surface area contributed by atoms with Gasteiger partial charge in [0.2, 0.25) is 0 Å². The second kappa shape index (κ2) is 5.66. The minimum Gasteiger partial charge on any atom is -0.299 e. The fraction of sp³-hybridized carbons (Fsp3) is 0.562. The molecular formula is C16H23NO. The topological polar surface area (TPSA) is 20.3 Å². The first-order valence-electron chi connectivity index (χ1n) is 6.91. The van der Waals surface area contributed by atoms with Crippen LogP contribution in [0.1, 0.15) is 38.7 Å². The van der Waals surface area contributed by atoms with Gasteiger partial charge in [-0.05, 0) is 18.4 Å². The molecule has 0 radical (unpaired) electrons. The molecule has 98 valence electrons. The Morgan fingerprint density at radius 2 is 1.94 bits per heavy atom. The van der Waals surface area contributed by atoms with Crippen LogP contribution < -0.4 is 0 Å². The minimum atomic E-state index is 0.182. The van der Waals surface area contributed by atoms with Crippen LogP contribution in [0.4, 0.5) is 0 Å². The summed E-state index contributed by atoms with van der Waals surface area (Å²) in [5.41, 5.74) is 1.38. The maximum Gasteiger partial charge on any atom is 0.138 e. The highest BCUT2D eigenvalue weighted by Gasteiger charge is 2.31. The van der Waals surface area contributed by atoms with Crippen molar-refractivity contribution in [1.29, 1.82) is 0 Å². The number of benzene rings is 1. The van der Waals surface area contributed by atoms with Crippen LogP contribution in [-0.4, -0.2) is 29.8 Å². The van der Waals surface area contributed by atoms with Crippen molar-refractivity contribution >= 4 is 5.78 Å². The van der Waals surface area contributed by atoms with Crippen molar-refractivity contribution in [1.82, 2.24) is 4.90 Å². The molecule has 0 bridgehead atoms. The fourth-order valence-electron chi connectivity index (χ4n) is 2.77. The molecule has 2 rings (SSSR count). The molecule has 0 spiro atoms. The molecule has 0 N–H and O–H groups in total. The fourth-order valence-corrected chi connectivity index (χ4v) is 2.77. The third-order valence-electron chi connectivity index (χ3n) is 4.33. The van der Waals surface area contributed by atoms with Crippen LogP contribution >= 0.6 is 0 Å². The van der Waals surface area contributed by atoms with Crippen molar-refractivity contribution in [2.24, 2.45) is 5.92 Å². The maximum atomic E-state index is 11.7. The minimum absolute atomic E-state index is 0.182. The number of rotatable bonds is 3. The molecule has 2 heteroatoms. The standard InChI is InChI=1S/C16H23NO/c1-12(15-7-5-4-6-8-15)11-17-10-9-16(18)13(2)14(17)3/h4-8,12-14H,9-11H2,1-3H3. The predicted molar refractivity (Wildman–Crippen MR) is 74.7 cm³/mol. The first kappa shape index (κ1) is 13.3. The third-order valence-corrected chi connectivity index (χ3v) is 4.33. The molecule has 1 saturated heterocycles.